The molecule has 2 aromatic rings. The van der Waals surface area contributed by atoms with Crippen LogP contribution in [0.4, 0.5) is 0 Å². The molecule has 7 heteroatoms. The molecule has 0 saturated heterocycles. The first-order valence-corrected chi connectivity index (χ1v) is 12.3. The van der Waals surface area contributed by atoms with Crippen LogP contribution in [0, 0.1) is 0 Å². The monoisotopic (exact) mass is 432 g/mol. The summed E-state index contributed by atoms with van der Waals surface area (Å²) < 4.78 is 0. The summed E-state index contributed by atoms with van der Waals surface area (Å²) >= 11 is 1.43. The van der Waals surface area contributed by atoms with Crippen molar-refractivity contribution in [1.82, 2.24) is 20.6 Å². The zero-order chi connectivity index (χ0) is 21.6. The summed E-state index contributed by atoms with van der Waals surface area (Å²) in [5.41, 5.74) is 2.09. The highest BCUT2D eigenvalue weighted by Gasteiger charge is 2.24. The van der Waals surface area contributed by atoms with Crippen molar-refractivity contribution in [2.45, 2.75) is 89.2 Å². The number of H-pyrrole nitrogens is 1. The lowest BCUT2D eigenvalue weighted by atomic mass is 9.89. The molecule has 2 unspecified atom stereocenters. The van der Waals surface area contributed by atoms with Crippen molar-refractivity contribution < 1.29 is 9.90 Å². The van der Waals surface area contributed by atoms with Gasteiger partial charge in [-0.25, -0.2) is 0 Å². The quantitative estimate of drug-likeness (QED) is 0.319. The Kier molecular flexibility index (Phi) is 11.5. The Hall–Kier alpha value is -1.89. The van der Waals surface area contributed by atoms with Gasteiger partial charge in [-0.2, -0.15) is 5.21 Å². The number of tetrazole rings is 1. The van der Waals surface area contributed by atoms with Crippen molar-refractivity contribution in [2.24, 2.45) is 0 Å². The van der Waals surface area contributed by atoms with Crippen molar-refractivity contribution in [3.05, 3.63) is 41.2 Å². The second-order valence-electron chi connectivity index (χ2n) is 7.96. The van der Waals surface area contributed by atoms with E-state index in [1.165, 1.54) is 68.7 Å². The number of carboxylic acid groups (broad SMARTS) is 1. The van der Waals surface area contributed by atoms with Gasteiger partial charge in [0.2, 0.25) is 0 Å². The SMILES string of the molecule is CCCCCCCCCCC(C)c1ccccc1C(SCCc1nn[nH]n1)C(=O)O. The number of aryl methyl sites for hydroxylation is 1. The van der Waals surface area contributed by atoms with E-state index >= 15 is 0 Å². The van der Waals surface area contributed by atoms with Crippen LogP contribution < -0.4 is 0 Å². The van der Waals surface area contributed by atoms with Crippen LogP contribution in [0.1, 0.15) is 99.8 Å². The number of thioether (sulfide) groups is 1. The Labute approximate surface area is 184 Å². The number of rotatable bonds is 16. The number of aromatic nitrogens is 4. The van der Waals surface area contributed by atoms with Crippen LogP contribution in [0.5, 0.6) is 0 Å². The Bertz CT molecular complexity index is 724. The average Bonchev–Trinajstić information content (AvgIpc) is 3.26. The fourth-order valence-electron chi connectivity index (χ4n) is 3.79. The van der Waals surface area contributed by atoms with Gasteiger partial charge in [0.1, 0.15) is 5.25 Å². The van der Waals surface area contributed by atoms with Crippen LogP contribution in [-0.2, 0) is 11.2 Å². The minimum atomic E-state index is -0.792. The van der Waals surface area contributed by atoms with Gasteiger partial charge in [-0.3, -0.25) is 4.79 Å². The molecule has 0 bridgehead atoms. The molecule has 0 radical (unpaired) electrons. The fraction of sp³-hybridized carbons (Fsp3) is 0.652. The van der Waals surface area contributed by atoms with Crippen LogP contribution >= 0.6 is 11.8 Å². The topological polar surface area (TPSA) is 91.8 Å². The number of aliphatic carboxylic acids is 1. The van der Waals surface area contributed by atoms with Crippen LogP contribution in [0.25, 0.3) is 0 Å². The number of hydrogen-bond acceptors (Lipinski definition) is 5. The molecule has 0 aliphatic heterocycles. The lowest BCUT2D eigenvalue weighted by Crippen LogP contribution is -2.13. The van der Waals surface area contributed by atoms with E-state index in [1.54, 1.807) is 0 Å². The molecule has 1 aromatic carbocycles. The van der Waals surface area contributed by atoms with Gasteiger partial charge in [0.15, 0.2) is 5.82 Å². The second-order valence-corrected chi connectivity index (χ2v) is 9.17. The highest BCUT2D eigenvalue weighted by Crippen LogP contribution is 2.36. The summed E-state index contributed by atoms with van der Waals surface area (Å²) in [7, 11) is 0. The maximum absolute atomic E-state index is 12.0. The molecule has 6 nitrogen and oxygen atoms in total. The van der Waals surface area contributed by atoms with Gasteiger partial charge in [0, 0.05) is 12.2 Å². The maximum atomic E-state index is 12.0. The van der Waals surface area contributed by atoms with Crippen molar-refractivity contribution >= 4 is 17.7 Å². The van der Waals surface area contributed by atoms with Crippen molar-refractivity contribution in [3.8, 4) is 0 Å². The third kappa shape index (κ3) is 8.46. The van der Waals surface area contributed by atoms with Crippen LogP contribution in [0.15, 0.2) is 24.3 Å². The Morgan fingerprint density at radius 2 is 1.73 bits per heavy atom. The summed E-state index contributed by atoms with van der Waals surface area (Å²) in [6.45, 7) is 4.48. The maximum Gasteiger partial charge on any atom is 0.321 e. The second kappa shape index (κ2) is 14.2. The fourth-order valence-corrected chi connectivity index (χ4v) is 4.86. The third-order valence-electron chi connectivity index (χ3n) is 5.52. The predicted octanol–water partition coefficient (Wildman–Crippen LogP) is 5.94. The molecular formula is C23H36N4O2S. The first-order chi connectivity index (χ1) is 14.6. The Balaban J connectivity index is 1.86. The van der Waals surface area contributed by atoms with Gasteiger partial charge in [0.25, 0.3) is 0 Å². The summed E-state index contributed by atoms with van der Waals surface area (Å²) in [4.78, 5) is 12.0. The predicted molar refractivity (Wildman–Crippen MR) is 123 cm³/mol. The molecule has 2 rings (SSSR count). The van der Waals surface area contributed by atoms with Crippen molar-refractivity contribution in [2.75, 3.05) is 5.75 Å². The average molecular weight is 433 g/mol. The molecule has 0 aliphatic carbocycles. The zero-order valence-electron chi connectivity index (χ0n) is 18.3. The van der Waals surface area contributed by atoms with Gasteiger partial charge in [0.05, 0.1) is 0 Å². The van der Waals surface area contributed by atoms with E-state index in [4.69, 9.17) is 0 Å². The Morgan fingerprint density at radius 1 is 1.07 bits per heavy atom. The van der Waals surface area contributed by atoms with E-state index in [0.29, 0.717) is 23.9 Å². The van der Waals surface area contributed by atoms with Crippen LogP contribution in [-0.4, -0.2) is 37.5 Å². The third-order valence-corrected chi connectivity index (χ3v) is 6.75. The molecule has 0 saturated carbocycles. The summed E-state index contributed by atoms with van der Waals surface area (Å²) in [6, 6.07) is 8.03. The molecule has 0 fully saturated rings. The number of nitrogens with one attached hydrogen (secondary N) is 1. The molecule has 2 N–H and O–H groups in total. The lowest BCUT2D eigenvalue weighted by Gasteiger charge is -2.21. The zero-order valence-corrected chi connectivity index (χ0v) is 19.2. The molecular weight excluding hydrogens is 396 g/mol. The number of aromatic amines is 1. The minimum Gasteiger partial charge on any atom is -0.480 e. The summed E-state index contributed by atoms with van der Waals surface area (Å²) in [5.74, 6) is 0.820. The van der Waals surface area contributed by atoms with E-state index in [1.807, 2.05) is 18.2 Å². The van der Waals surface area contributed by atoms with Crippen LogP contribution in [0.2, 0.25) is 0 Å². The summed E-state index contributed by atoms with van der Waals surface area (Å²) in [5, 5.41) is 23.1. The van der Waals surface area contributed by atoms with Crippen molar-refractivity contribution in [1.29, 1.82) is 0 Å². The van der Waals surface area contributed by atoms with Gasteiger partial charge >= 0.3 is 5.97 Å². The number of carboxylic acids is 1. The molecule has 30 heavy (non-hydrogen) atoms. The molecule has 0 spiro atoms. The first kappa shape index (κ1) is 24.4. The number of carbonyl (C=O) groups is 1. The normalized spacial score (nSPS) is 13.3. The van der Waals surface area contributed by atoms with Crippen molar-refractivity contribution in [3.63, 3.8) is 0 Å². The lowest BCUT2D eigenvalue weighted by molar-refractivity contribution is -0.136. The molecule has 1 heterocycles. The largest absolute Gasteiger partial charge is 0.480 e. The molecule has 1 aromatic heterocycles. The van der Waals surface area contributed by atoms with E-state index in [0.717, 1.165) is 12.0 Å². The van der Waals surface area contributed by atoms with Gasteiger partial charge in [-0.15, -0.1) is 22.0 Å². The molecule has 166 valence electrons. The number of hydrogen-bond donors (Lipinski definition) is 2. The van der Waals surface area contributed by atoms with E-state index < -0.39 is 11.2 Å². The van der Waals surface area contributed by atoms with Crippen LogP contribution in [0.3, 0.4) is 0 Å². The molecule has 0 aliphatic rings. The summed E-state index contributed by atoms with van der Waals surface area (Å²) in [6.07, 6.45) is 12.2. The Morgan fingerprint density at radius 3 is 2.37 bits per heavy atom. The van der Waals surface area contributed by atoms with E-state index in [-0.39, 0.29) is 0 Å². The number of nitrogens with zero attached hydrogens (tertiary/aromatic N) is 3. The minimum absolute atomic E-state index is 0.362. The van der Waals surface area contributed by atoms with E-state index in [9.17, 15) is 9.90 Å². The standard InChI is InChI=1S/C23H36N4O2S/c1-3-4-5-6-7-8-9-10-13-18(2)19-14-11-12-15-20(19)22(23(28)29)30-17-16-21-24-26-27-25-21/h11-12,14-15,18,22H,3-10,13,16-17H2,1-2H3,(H,28,29)(H,24,25,26,27). The smallest absolute Gasteiger partial charge is 0.321 e. The molecule has 0 amide bonds. The van der Waals surface area contributed by atoms with Gasteiger partial charge in [-0.05, 0) is 23.5 Å². The number of benzene rings is 1. The first-order valence-electron chi connectivity index (χ1n) is 11.3. The van der Waals surface area contributed by atoms with Gasteiger partial charge in [-0.1, -0.05) is 94.7 Å². The highest BCUT2D eigenvalue weighted by molar-refractivity contribution is 8.00. The van der Waals surface area contributed by atoms with E-state index in [2.05, 4.69) is 40.5 Å². The highest BCUT2D eigenvalue weighted by atomic mass is 32.2. The molecule has 2 atom stereocenters. The number of unbranched alkanes of at least 4 members (excludes halogenated alkanes) is 7. The van der Waals surface area contributed by atoms with Gasteiger partial charge < -0.3 is 5.11 Å².